The van der Waals surface area contributed by atoms with Gasteiger partial charge in [0.25, 0.3) is 0 Å². The van der Waals surface area contributed by atoms with Gasteiger partial charge in [0.15, 0.2) is 12.3 Å². The number of fused-ring (bicyclic) bond motifs is 3. The van der Waals surface area contributed by atoms with Crippen LogP contribution in [0.25, 0.3) is 10.9 Å². The number of benzene rings is 2. The number of aromatic hydroxyl groups is 1. The number of amides is 1. The van der Waals surface area contributed by atoms with E-state index in [2.05, 4.69) is 35.9 Å². The molecule has 2 aliphatic rings. The summed E-state index contributed by atoms with van der Waals surface area (Å²) in [6, 6.07) is 14.1. The average molecular weight is 489 g/mol. The van der Waals surface area contributed by atoms with E-state index in [9.17, 15) is 9.90 Å². The van der Waals surface area contributed by atoms with Crippen LogP contribution in [0, 0.1) is 24.7 Å². The van der Waals surface area contributed by atoms with E-state index in [1.54, 1.807) is 0 Å². The lowest BCUT2D eigenvalue weighted by atomic mass is 9.65. The summed E-state index contributed by atoms with van der Waals surface area (Å²) >= 11 is 0. The van der Waals surface area contributed by atoms with E-state index >= 15 is 0 Å². The molecule has 1 aromatic heterocycles. The van der Waals surface area contributed by atoms with Crippen LogP contribution in [-0.2, 0) is 11.5 Å². The second kappa shape index (κ2) is 9.04. The van der Waals surface area contributed by atoms with Crippen LogP contribution in [0.2, 0.25) is 0 Å². The summed E-state index contributed by atoms with van der Waals surface area (Å²) in [5.41, 5.74) is 3.75. The molecule has 7 nitrogen and oxygen atoms in total. The molecule has 3 aromatic rings. The van der Waals surface area contributed by atoms with Gasteiger partial charge < -0.3 is 9.84 Å². The van der Waals surface area contributed by atoms with Crippen molar-refractivity contribution in [1.82, 2.24) is 9.47 Å². The minimum Gasteiger partial charge on any atom is -0.493 e. The first-order valence-corrected chi connectivity index (χ1v) is 12.7. The first-order chi connectivity index (χ1) is 17.1. The van der Waals surface area contributed by atoms with E-state index in [0.29, 0.717) is 35.0 Å². The highest BCUT2D eigenvalue weighted by atomic mass is 16.5. The van der Waals surface area contributed by atoms with Crippen LogP contribution in [0.1, 0.15) is 51.2 Å². The van der Waals surface area contributed by atoms with E-state index in [4.69, 9.17) is 4.74 Å². The molecule has 190 valence electrons. The number of hydrogen-bond donors (Lipinski definition) is 1. The van der Waals surface area contributed by atoms with Crippen LogP contribution in [0.3, 0.4) is 0 Å². The number of azo groups is 1. The van der Waals surface area contributed by atoms with Gasteiger partial charge in [-0.25, -0.2) is 0 Å². The van der Waals surface area contributed by atoms with Crippen molar-refractivity contribution in [3.8, 4) is 11.6 Å². The van der Waals surface area contributed by atoms with Gasteiger partial charge >= 0.3 is 5.91 Å². The molecule has 1 saturated heterocycles. The zero-order valence-corrected chi connectivity index (χ0v) is 21.9. The average Bonchev–Trinajstić information content (AvgIpc) is 3.20. The number of carbonyl (C=O) groups is 1. The molecular weight excluding hydrogens is 452 g/mol. The highest BCUT2D eigenvalue weighted by Crippen LogP contribution is 2.53. The molecule has 0 unspecified atom stereocenters. The van der Waals surface area contributed by atoms with Crippen LogP contribution in [0.5, 0.6) is 11.6 Å². The Hall–Kier alpha value is -3.19. The van der Waals surface area contributed by atoms with Gasteiger partial charge in [0.05, 0.1) is 12.2 Å². The monoisotopic (exact) mass is 488 g/mol. The zero-order chi connectivity index (χ0) is 25.7. The lowest BCUT2D eigenvalue weighted by molar-refractivity contribution is -0.120. The highest BCUT2D eigenvalue weighted by molar-refractivity contribution is 5.95. The third-order valence-corrected chi connectivity index (χ3v) is 7.77. The summed E-state index contributed by atoms with van der Waals surface area (Å²) in [4.78, 5) is 15.0. The Morgan fingerprint density at radius 1 is 1.08 bits per heavy atom. The number of rotatable bonds is 6. The Balaban J connectivity index is 1.37. The number of carbonyl (C=O) groups excluding carboxylic acids is 1. The van der Waals surface area contributed by atoms with Crippen molar-refractivity contribution < 1.29 is 14.6 Å². The smallest absolute Gasteiger partial charge is 0.302 e. The van der Waals surface area contributed by atoms with E-state index in [-0.39, 0.29) is 12.5 Å². The Labute approximate surface area is 212 Å². The lowest BCUT2D eigenvalue weighted by Crippen LogP contribution is -2.35. The van der Waals surface area contributed by atoms with Gasteiger partial charge in [0.1, 0.15) is 5.75 Å². The molecule has 1 saturated carbocycles. The molecule has 0 spiro atoms. The molecule has 2 fully saturated rings. The maximum Gasteiger partial charge on any atom is 0.302 e. The molecule has 1 amide bonds. The van der Waals surface area contributed by atoms with Crippen molar-refractivity contribution in [1.29, 1.82) is 0 Å². The molecule has 1 aliphatic carbocycles. The van der Waals surface area contributed by atoms with Crippen LogP contribution in [0.4, 0.5) is 5.69 Å². The van der Waals surface area contributed by atoms with Gasteiger partial charge in [-0.05, 0) is 61.1 Å². The molecule has 7 heteroatoms. The fourth-order valence-corrected chi connectivity index (χ4v) is 6.73. The van der Waals surface area contributed by atoms with E-state index in [1.165, 1.54) is 12.8 Å². The van der Waals surface area contributed by atoms with Crippen LogP contribution < -0.4 is 4.74 Å². The quantitative estimate of drug-likeness (QED) is 0.401. The standard InChI is InChI=1S/C29H36N4O3/c1-19-9-8-10-20(2)26(19)36-15-24(34)30-31-25-22-11-6-7-12-23(22)33(27(25)35)18-32-17-29(5)14-21(32)13-28(3,4)16-29/h6-12,21,35H,13-18H2,1-5H3/t21-,29+/m1/s1. The predicted molar refractivity (Wildman–Crippen MR) is 141 cm³/mol. The number of ether oxygens (including phenoxy) is 1. The van der Waals surface area contributed by atoms with Crippen LogP contribution in [0.15, 0.2) is 52.7 Å². The second-order valence-corrected chi connectivity index (χ2v) is 11.8. The largest absolute Gasteiger partial charge is 0.493 e. The van der Waals surface area contributed by atoms with Crippen LogP contribution in [-0.4, -0.2) is 39.7 Å². The van der Waals surface area contributed by atoms with Gasteiger partial charge in [0, 0.05) is 18.0 Å². The predicted octanol–water partition coefficient (Wildman–Crippen LogP) is 6.51. The van der Waals surface area contributed by atoms with E-state index < -0.39 is 5.91 Å². The number of hydrogen-bond acceptors (Lipinski definition) is 5. The number of aryl methyl sites for hydroxylation is 2. The first kappa shape index (κ1) is 24.5. The molecule has 5 rings (SSSR count). The maximum atomic E-state index is 12.5. The van der Waals surface area contributed by atoms with E-state index in [1.807, 2.05) is 60.9 Å². The fourth-order valence-electron chi connectivity index (χ4n) is 6.73. The second-order valence-electron chi connectivity index (χ2n) is 11.8. The minimum atomic E-state index is -0.502. The summed E-state index contributed by atoms with van der Waals surface area (Å²) in [5.74, 6) is 0.222. The Morgan fingerprint density at radius 2 is 1.81 bits per heavy atom. The molecule has 2 aromatic carbocycles. The Morgan fingerprint density at radius 3 is 2.56 bits per heavy atom. The van der Waals surface area contributed by atoms with Crippen molar-refractivity contribution >= 4 is 22.5 Å². The Bertz CT molecular complexity index is 1320. The lowest BCUT2D eigenvalue weighted by Gasteiger charge is -2.40. The normalized spacial score (nSPS) is 23.5. The number of likely N-dealkylation sites (tertiary alicyclic amines) is 1. The van der Waals surface area contributed by atoms with Crippen molar-refractivity contribution in [2.45, 2.75) is 66.6 Å². The summed E-state index contributed by atoms with van der Waals surface area (Å²) < 4.78 is 7.62. The molecule has 1 N–H and O–H groups in total. The van der Waals surface area contributed by atoms with Gasteiger partial charge in [-0.15, -0.1) is 10.2 Å². The Kier molecular flexibility index (Phi) is 6.15. The first-order valence-electron chi connectivity index (χ1n) is 12.7. The summed E-state index contributed by atoms with van der Waals surface area (Å²) in [6.45, 7) is 12.4. The third-order valence-electron chi connectivity index (χ3n) is 7.77. The maximum absolute atomic E-state index is 12.5. The molecule has 36 heavy (non-hydrogen) atoms. The summed E-state index contributed by atoms with van der Waals surface area (Å²) in [6.07, 6.45) is 3.57. The van der Waals surface area contributed by atoms with Gasteiger partial charge in [-0.2, -0.15) is 0 Å². The van der Waals surface area contributed by atoms with Gasteiger partial charge in [0.2, 0.25) is 5.88 Å². The molecule has 2 bridgehead atoms. The molecule has 1 aliphatic heterocycles. The number of para-hydroxylation sites is 2. The molecule has 0 radical (unpaired) electrons. The van der Waals surface area contributed by atoms with Crippen molar-refractivity contribution in [2.24, 2.45) is 21.1 Å². The van der Waals surface area contributed by atoms with Gasteiger partial charge in [-0.1, -0.05) is 57.2 Å². The SMILES string of the molecule is Cc1cccc(C)c1OCC(=O)N=Nc1c(O)n(CN2C[C@@]3(C)C[C@H]2CC(C)(C)C3)c2ccccc12. The van der Waals surface area contributed by atoms with E-state index in [0.717, 1.165) is 35.0 Å². The zero-order valence-electron chi connectivity index (χ0n) is 21.9. The third kappa shape index (κ3) is 4.64. The molecule has 2 atom stereocenters. The van der Waals surface area contributed by atoms with Crippen molar-refractivity contribution in [3.63, 3.8) is 0 Å². The summed E-state index contributed by atoms with van der Waals surface area (Å²) in [7, 11) is 0. The van der Waals surface area contributed by atoms with Crippen LogP contribution >= 0.6 is 0 Å². The minimum absolute atomic E-state index is 0.0364. The summed E-state index contributed by atoms with van der Waals surface area (Å²) in [5, 5.41) is 20.1. The highest BCUT2D eigenvalue weighted by Gasteiger charge is 2.49. The van der Waals surface area contributed by atoms with Crippen molar-refractivity contribution in [3.05, 3.63) is 53.6 Å². The molecular formula is C29H36N4O3. The fraction of sp³-hybridized carbons (Fsp3) is 0.483. The number of nitrogens with zero attached hydrogens (tertiary/aromatic N) is 4. The molecule has 2 heterocycles. The van der Waals surface area contributed by atoms with Crippen molar-refractivity contribution in [2.75, 3.05) is 13.2 Å². The van der Waals surface area contributed by atoms with Gasteiger partial charge in [-0.3, -0.25) is 14.3 Å². The number of aromatic nitrogens is 1. The topological polar surface area (TPSA) is 79.4 Å².